The van der Waals surface area contributed by atoms with E-state index in [9.17, 15) is 14.4 Å². The van der Waals surface area contributed by atoms with E-state index >= 15 is 0 Å². The Morgan fingerprint density at radius 1 is 0.889 bits per heavy atom. The molecule has 0 spiro atoms. The van der Waals surface area contributed by atoms with Crippen LogP contribution in [0.5, 0.6) is 0 Å². The average Bonchev–Trinajstić information content (AvgIpc) is 3.30. The van der Waals surface area contributed by atoms with Crippen molar-refractivity contribution in [3.63, 3.8) is 0 Å². The zero-order valence-electron chi connectivity index (χ0n) is 28.6. The SMILES string of the molecule is Cc1cccc(C(=O)CC(Cc2ccccc2)C(C)C(=O)C2COC(C)(C)C2C(=O)CCc2cccc(CC(C)(C)C)c2)c1C. The summed E-state index contributed by atoms with van der Waals surface area (Å²) < 4.78 is 6.15. The van der Waals surface area contributed by atoms with Crippen molar-refractivity contribution in [2.24, 2.45) is 29.1 Å². The van der Waals surface area contributed by atoms with Crippen molar-refractivity contribution >= 4 is 17.3 Å². The molecule has 1 fully saturated rings. The van der Waals surface area contributed by atoms with Crippen LogP contribution in [-0.2, 0) is 33.6 Å². The standard InChI is InChI=1S/C41H52O4/c1-27-14-12-19-34(28(27)2)37(43)24-33(23-30-15-10-9-11-16-30)29(3)39(44)35-26-45-41(7,8)38(35)36(42)21-20-31-17-13-18-32(22-31)25-40(4,5)6/h9-19,22,29,33,35,38H,20-21,23-26H2,1-8H3. The molecule has 1 aliphatic rings. The van der Waals surface area contributed by atoms with Gasteiger partial charge in [-0.05, 0) is 86.1 Å². The number of carbonyl (C=O) groups is 3. The molecule has 0 radical (unpaired) electrons. The average molecular weight is 609 g/mol. The maximum atomic E-state index is 14.3. The first kappa shape index (κ1) is 34.5. The zero-order chi connectivity index (χ0) is 32.9. The second-order valence-electron chi connectivity index (χ2n) is 15.0. The van der Waals surface area contributed by atoms with Crippen molar-refractivity contribution < 1.29 is 19.1 Å². The van der Waals surface area contributed by atoms with Gasteiger partial charge in [-0.25, -0.2) is 0 Å². The molecule has 4 unspecified atom stereocenters. The van der Waals surface area contributed by atoms with Crippen molar-refractivity contribution in [2.45, 2.75) is 93.1 Å². The third-order valence-corrected chi connectivity index (χ3v) is 9.73. The molecule has 45 heavy (non-hydrogen) atoms. The molecule has 1 aliphatic heterocycles. The fourth-order valence-electron chi connectivity index (χ4n) is 7.08. The van der Waals surface area contributed by atoms with Crippen molar-refractivity contribution in [3.05, 3.63) is 106 Å². The first-order valence-corrected chi connectivity index (χ1v) is 16.6. The summed E-state index contributed by atoms with van der Waals surface area (Å²) in [5, 5.41) is 0. The predicted octanol–water partition coefficient (Wildman–Crippen LogP) is 8.77. The van der Waals surface area contributed by atoms with Crippen molar-refractivity contribution in [1.82, 2.24) is 0 Å². The van der Waals surface area contributed by atoms with Gasteiger partial charge >= 0.3 is 0 Å². The highest BCUT2D eigenvalue weighted by atomic mass is 16.5. The number of Topliss-reactive ketones (excluding diaryl/α,β-unsaturated/α-hetero) is 3. The van der Waals surface area contributed by atoms with Gasteiger partial charge in [0.25, 0.3) is 0 Å². The summed E-state index contributed by atoms with van der Waals surface area (Å²) in [5.41, 5.74) is 5.76. The van der Waals surface area contributed by atoms with Gasteiger partial charge < -0.3 is 4.74 Å². The summed E-state index contributed by atoms with van der Waals surface area (Å²) in [7, 11) is 0. The Morgan fingerprint density at radius 2 is 1.53 bits per heavy atom. The van der Waals surface area contributed by atoms with Crippen LogP contribution in [-0.4, -0.2) is 29.6 Å². The van der Waals surface area contributed by atoms with Crippen LogP contribution < -0.4 is 0 Å². The highest BCUT2D eigenvalue weighted by molar-refractivity contribution is 5.98. The van der Waals surface area contributed by atoms with E-state index in [0.29, 0.717) is 19.3 Å². The molecule has 1 saturated heterocycles. The van der Waals surface area contributed by atoms with Crippen LogP contribution in [0, 0.1) is 42.9 Å². The molecule has 0 bridgehead atoms. The van der Waals surface area contributed by atoms with Crippen LogP contribution in [0.1, 0.15) is 92.6 Å². The van der Waals surface area contributed by atoms with Crippen molar-refractivity contribution in [1.29, 1.82) is 0 Å². The first-order valence-electron chi connectivity index (χ1n) is 16.6. The summed E-state index contributed by atoms with van der Waals surface area (Å²) in [4.78, 5) is 41.9. The van der Waals surface area contributed by atoms with Crippen LogP contribution in [0.4, 0.5) is 0 Å². The topological polar surface area (TPSA) is 60.4 Å². The first-order chi connectivity index (χ1) is 21.2. The number of ether oxygens (including phenoxy) is 1. The van der Waals surface area contributed by atoms with Gasteiger partial charge in [-0.2, -0.15) is 0 Å². The second-order valence-corrected chi connectivity index (χ2v) is 15.0. The van der Waals surface area contributed by atoms with E-state index in [1.807, 2.05) is 71.0 Å². The van der Waals surface area contributed by atoms with Crippen molar-refractivity contribution in [2.75, 3.05) is 6.61 Å². The molecule has 4 heteroatoms. The quantitative estimate of drug-likeness (QED) is 0.182. The minimum atomic E-state index is -0.728. The second kappa shape index (κ2) is 14.4. The van der Waals surface area contributed by atoms with Crippen molar-refractivity contribution in [3.8, 4) is 0 Å². The van der Waals surface area contributed by atoms with Gasteiger partial charge in [-0.15, -0.1) is 0 Å². The fourth-order valence-corrected chi connectivity index (χ4v) is 7.08. The van der Waals surface area contributed by atoms with Gasteiger partial charge in [0.05, 0.1) is 24.0 Å². The third kappa shape index (κ3) is 8.88. The maximum absolute atomic E-state index is 14.3. The highest BCUT2D eigenvalue weighted by Crippen LogP contribution is 2.41. The third-order valence-electron chi connectivity index (χ3n) is 9.73. The number of hydrogen-bond donors (Lipinski definition) is 0. The summed E-state index contributed by atoms with van der Waals surface area (Å²) in [5.74, 6) is -1.48. The number of hydrogen-bond acceptors (Lipinski definition) is 4. The summed E-state index contributed by atoms with van der Waals surface area (Å²) in [6, 6.07) is 24.4. The van der Waals surface area contributed by atoms with E-state index < -0.39 is 23.4 Å². The molecule has 4 nitrogen and oxygen atoms in total. The van der Waals surface area contributed by atoms with Gasteiger partial charge in [-0.3, -0.25) is 14.4 Å². The minimum absolute atomic E-state index is 0.0285. The molecule has 0 saturated carbocycles. The molecule has 0 aliphatic carbocycles. The Morgan fingerprint density at radius 3 is 2.22 bits per heavy atom. The minimum Gasteiger partial charge on any atom is -0.374 e. The molecule has 1 heterocycles. The summed E-state index contributed by atoms with van der Waals surface area (Å²) in [6.07, 6.45) is 2.87. The van der Waals surface area contributed by atoms with Crippen LogP contribution in [0.2, 0.25) is 0 Å². The van der Waals surface area contributed by atoms with Gasteiger partial charge in [0.2, 0.25) is 0 Å². The lowest BCUT2D eigenvalue weighted by Crippen LogP contribution is -2.41. The van der Waals surface area contributed by atoms with Crippen LogP contribution in [0.15, 0.2) is 72.8 Å². The molecule has 4 rings (SSSR count). The van der Waals surface area contributed by atoms with Gasteiger partial charge in [0, 0.05) is 24.3 Å². The number of carbonyl (C=O) groups excluding carboxylic acids is 3. The van der Waals surface area contributed by atoms with Crippen LogP contribution >= 0.6 is 0 Å². The van der Waals surface area contributed by atoms with E-state index in [-0.39, 0.29) is 41.7 Å². The lowest BCUT2D eigenvalue weighted by Gasteiger charge is -2.30. The van der Waals surface area contributed by atoms with Gasteiger partial charge in [-0.1, -0.05) is 100 Å². The highest BCUT2D eigenvalue weighted by Gasteiger charge is 2.51. The molecule has 240 valence electrons. The smallest absolute Gasteiger partial charge is 0.163 e. The van der Waals surface area contributed by atoms with E-state index in [2.05, 4.69) is 57.2 Å². The maximum Gasteiger partial charge on any atom is 0.163 e. The molecule has 3 aromatic carbocycles. The lowest BCUT2D eigenvalue weighted by molar-refractivity contribution is -0.135. The van der Waals surface area contributed by atoms with E-state index in [4.69, 9.17) is 4.74 Å². The molecular formula is C41H52O4. The number of rotatable bonds is 13. The van der Waals surface area contributed by atoms with Crippen LogP contribution in [0.3, 0.4) is 0 Å². The molecule has 3 aromatic rings. The van der Waals surface area contributed by atoms with E-state index in [0.717, 1.165) is 34.2 Å². The molecule has 0 amide bonds. The normalized spacial score (nSPS) is 19.2. The Balaban J connectivity index is 1.53. The largest absolute Gasteiger partial charge is 0.374 e. The van der Waals surface area contributed by atoms with E-state index in [1.165, 1.54) is 5.56 Å². The van der Waals surface area contributed by atoms with Gasteiger partial charge in [0.15, 0.2) is 5.78 Å². The van der Waals surface area contributed by atoms with Gasteiger partial charge in [0.1, 0.15) is 11.6 Å². The lowest BCUT2D eigenvalue weighted by atomic mass is 9.71. The Kier molecular flexibility index (Phi) is 11.0. The number of aryl methyl sites for hydroxylation is 2. The summed E-state index contributed by atoms with van der Waals surface area (Å²) in [6.45, 7) is 16.7. The molecular weight excluding hydrogens is 556 g/mol. The summed E-state index contributed by atoms with van der Waals surface area (Å²) >= 11 is 0. The Bertz CT molecular complexity index is 1490. The zero-order valence-corrected chi connectivity index (χ0v) is 28.6. The number of benzene rings is 3. The molecule has 4 atom stereocenters. The predicted molar refractivity (Wildman–Crippen MR) is 183 cm³/mol. The molecule has 0 aromatic heterocycles. The van der Waals surface area contributed by atoms with Crippen LogP contribution in [0.25, 0.3) is 0 Å². The molecule has 0 N–H and O–H groups in total. The monoisotopic (exact) mass is 608 g/mol. The fraction of sp³-hybridized carbons (Fsp3) is 0.488. The Hall–Kier alpha value is -3.37. The van der Waals surface area contributed by atoms with E-state index in [1.54, 1.807) is 0 Å². The Labute approximate surface area is 271 Å². The number of ketones is 3.